The van der Waals surface area contributed by atoms with E-state index in [0.29, 0.717) is 6.42 Å². The maximum atomic E-state index is 13.2. The number of sulfone groups is 1. The highest BCUT2D eigenvalue weighted by Crippen LogP contribution is 2.30. The Morgan fingerprint density at radius 2 is 2.00 bits per heavy atom. The van der Waals surface area contributed by atoms with Crippen LogP contribution < -0.4 is 5.32 Å². The van der Waals surface area contributed by atoms with Gasteiger partial charge in [0.15, 0.2) is 21.5 Å². The van der Waals surface area contributed by atoms with E-state index in [1.807, 2.05) is 6.92 Å². The molecule has 1 aromatic carbocycles. The monoisotopic (exact) mass is 303 g/mol. The normalized spacial score (nSPS) is 23.1. The first-order chi connectivity index (χ1) is 9.46. The van der Waals surface area contributed by atoms with Gasteiger partial charge in [-0.3, -0.25) is 0 Å². The fourth-order valence-electron chi connectivity index (χ4n) is 2.69. The van der Waals surface area contributed by atoms with Crippen molar-refractivity contribution in [2.24, 2.45) is 0 Å². The minimum Gasteiger partial charge on any atom is -0.313 e. The van der Waals surface area contributed by atoms with Gasteiger partial charge in [0.2, 0.25) is 0 Å². The van der Waals surface area contributed by atoms with E-state index in [1.54, 1.807) is 0 Å². The van der Waals surface area contributed by atoms with Crippen molar-refractivity contribution in [2.45, 2.75) is 48.8 Å². The number of rotatable bonds is 5. The second-order valence-electron chi connectivity index (χ2n) is 5.15. The highest BCUT2D eigenvalue weighted by molar-refractivity contribution is 7.92. The van der Waals surface area contributed by atoms with Gasteiger partial charge >= 0.3 is 0 Å². The lowest BCUT2D eigenvalue weighted by Gasteiger charge is -2.21. The van der Waals surface area contributed by atoms with Crippen LogP contribution in [-0.2, 0) is 9.84 Å². The summed E-state index contributed by atoms with van der Waals surface area (Å²) in [6.07, 6.45) is 3.11. The first-order valence-electron chi connectivity index (χ1n) is 6.89. The van der Waals surface area contributed by atoms with E-state index in [0.717, 1.165) is 44.0 Å². The average molecular weight is 303 g/mol. The summed E-state index contributed by atoms with van der Waals surface area (Å²) in [7, 11) is -3.63. The molecule has 112 valence electrons. The Kier molecular flexibility index (Phi) is 4.75. The van der Waals surface area contributed by atoms with Crippen LogP contribution in [0.5, 0.6) is 0 Å². The van der Waals surface area contributed by atoms with Gasteiger partial charge in [0.25, 0.3) is 0 Å². The molecular weight excluding hydrogens is 284 g/mol. The minimum atomic E-state index is -3.63. The van der Waals surface area contributed by atoms with Gasteiger partial charge in [-0.2, -0.15) is 0 Å². The van der Waals surface area contributed by atoms with Crippen LogP contribution in [0.4, 0.5) is 8.78 Å². The summed E-state index contributed by atoms with van der Waals surface area (Å²) < 4.78 is 51.3. The molecular formula is C14H19F2NO2S. The highest BCUT2D eigenvalue weighted by Gasteiger charge is 2.38. The zero-order valence-corrected chi connectivity index (χ0v) is 12.2. The maximum Gasteiger partial charge on any atom is 0.182 e. The Labute approximate surface area is 118 Å². The zero-order chi connectivity index (χ0) is 14.8. The van der Waals surface area contributed by atoms with Crippen LogP contribution in [0, 0.1) is 11.6 Å². The van der Waals surface area contributed by atoms with Crippen molar-refractivity contribution in [2.75, 3.05) is 6.54 Å². The van der Waals surface area contributed by atoms with E-state index < -0.39 is 26.7 Å². The quantitative estimate of drug-likeness (QED) is 0.851. The molecule has 0 heterocycles. The molecule has 1 saturated carbocycles. The largest absolute Gasteiger partial charge is 0.313 e. The summed E-state index contributed by atoms with van der Waals surface area (Å²) in [5.74, 6) is -2.15. The second-order valence-corrected chi connectivity index (χ2v) is 7.32. The van der Waals surface area contributed by atoms with Crippen molar-refractivity contribution < 1.29 is 17.2 Å². The summed E-state index contributed by atoms with van der Waals surface area (Å²) in [4.78, 5) is -0.133. The molecule has 0 saturated heterocycles. The summed E-state index contributed by atoms with van der Waals surface area (Å²) in [6.45, 7) is 2.77. The van der Waals surface area contributed by atoms with Gasteiger partial charge in [0, 0.05) is 6.04 Å². The number of hydrogen-bond donors (Lipinski definition) is 1. The van der Waals surface area contributed by atoms with Crippen LogP contribution in [-0.4, -0.2) is 26.3 Å². The molecule has 1 aromatic rings. The predicted octanol–water partition coefficient (Wildman–Crippen LogP) is 2.66. The predicted molar refractivity (Wildman–Crippen MR) is 73.3 cm³/mol. The summed E-state index contributed by atoms with van der Waals surface area (Å²) in [5.41, 5.74) is 0. The highest BCUT2D eigenvalue weighted by atomic mass is 32.2. The lowest BCUT2D eigenvalue weighted by atomic mass is 10.2. The van der Waals surface area contributed by atoms with Gasteiger partial charge in [0.05, 0.1) is 10.1 Å². The van der Waals surface area contributed by atoms with E-state index >= 15 is 0 Å². The lowest BCUT2D eigenvalue weighted by molar-refractivity contribution is 0.497. The van der Waals surface area contributed by atoms with Crippen LogP contribution in [0.15, 0.2) is 23.1 Å². The third-order valence-electron chi connectivity index (χ3n) is 3.73. The van der Waals surface area contributed by atoms with Gasteiger partial charge in [-0.1, -0.05) is 13.3 Å². The molecule has 0 radical (unpaired) electrons. The molecule has 0 amide bonds. The molecule has 1 aliphatic rings. The Morgan fingerprint density at radius 1 is 1.25 bits per heavy atom. The lowest BCUT2D eigenvalue weighted by Crippen LogP contribution is -2.40. The average Bonchev–Trinajstić information content (AvgIpc) is 2.88. The number of nitrogens with one attached hydrogen (secondary N) is 1. The third kappa shape index (κ3) is 3.01. The first kappa shape index (κ1) is 15.4. The third-order valence-corrected chi connectivity index (χ3v) is 6.00. The summed E-state index contributed by atoms with van der Waals surface area (Å²) >= 11 is 0. The fraction of sp³-hybridized carbons (Fsp3) is 0.571. The van der Waals surface area contributed by atoms with E-state index in [9.17, 15) is 17.2 Å². The standard InChI is InChI=1S/C14H19F2NO2S/c1-2-8-17-13-4-3-5-14(13)20(18,19)10-6-7-11(15)12(16)9-10/h6-7,9,13-14,17H,2-5,8H2,1H3. The minimum absolute atomic E-state index is 0.104. The first-order valence-corrected chi connectivity index (χ1v) is 8.43. The Bertz CT molecular complexity index is 575. The van der Waals surface area contributed by atoms with Crippen molar-refractivity contribution >= 4 is 9.84 Å². The van der Waals surface area contributed by atoms with Crippen LogP contribution in [0.25, 0.3) is 0 Å². The maximum absolute atomic E-state index is 13.2. The van der Waals surface area contributed by atoms with Gasteiger partial charge in [0.1, 0.15) is 0 Å². The molecule has 1 aliphatic carbocycles. The Balaban J connectivity index is 2.26. The van der Waals surface area contributed by atoms with Crippen molar-refractivity contribution in [3.05, 3.63) is 29.8 Å². The molecule has 0 aromatic heterocycles. The Hall–Kier alpha value is -1.01. The SMILES string of the molecule is CCCNC1CCCC1S(=O)(=O)c1ccc(F)c(F)c1. The molecule has 3 nitrogen and oxygen atoms in total. The number of hydrogen-bond acceptors (Lipinski definition) is 3. The van der Waals surface area contributed by atoms with Gasteiger partial charge < -0.3 is 5.32 Å². The molecule has 20 heavy (non-hydrogen) atoms. The van der Waals surface area contributed by atoms with Crippen molar-refractivity contribution in [3.63, 3.8) is 0 Å². The molecule has 6 heteroatoms. The van der Waals surface area contributed by atoms with Gasteiger partial charge in [-0.25, -0.2) is 17.2 Å². The molecule has 2 unspecified atom stereocenters. The number of benzene rings is 1. The topological polar surface area (TPSA) is 46.2 Å². The van der Waals surface area contributed by atoms with E-state index in [1.165, 1.54) is 0 Å². The Morgan fingerprint density at radius 3 is 2.65 bits per heavy atom. The van der Waals surface area contributed by atoms with E-state index in [4.69, 9.17) is 0 Å². The molecule has 2 rings (SSSR count). The van der Waals surface area contributed by atoms with Crippen LogP contribution in [0.1, 0.15) is 32.6 Å². The molecule has 1 N–H and O–H groups in total. The summed E-state index contributed by atoms with van der Waals surface area (Å²) in [6, 6.07) is 2.68. The van der Waals surface area contributed by atoms with Gasteiger partial charge in [-0.05, 0) is 44.0 Å². The van der Waals surface area contributed by atoms with E-state index in [2.05, 4.69) is 5.32 Å². The van der Waals surface area contributed by atoms with Crippen LogP contribution in [0.2, 0.25) is 0 Å². The molecule has 1 fully saturated rings. The molecule has 2 atom stereocenters. The van der Waals surface area contributed by atoms with Gasteiger partial charge in [-0.15, -0.1) is 0 Å². The molecule has 0 aliphatic heterocycles. The van der Waals surface area contributed by atoms with E-state index in [-0.39, 0.29) is 10.9 Å². The van der Waals surface area contributed by atoms with Crippen molar-refractivity contribution in [3.8, 4) is 0 Å². The molecule has 0 bridgehead atoms. The van der Waals surface area contributed by atoms with Crippen LogP contribution >= 0.6 is 0 Å². The second kappa shape index (κ2) is 6.18. The number of halogens is 2. The summed E-state index contributed by atoms with van der Waals surface area (Å²) in [5, 5.41) is 2.68. The van der Waals surface area contributed by atoms with Crippen molar-refractivity contribution in [1.82, 2.24) is 5.32 Å². The zero-order valence-electron chi connectivity index (χ0n) is 11.4. The fourth-order valence-corrected chi connectivity index (χ4v) is 4.71. The smallest absolute Gasteiger partial charge is 0.182 e. The van der Waals surface area contributed by atoms with Crippen LogP contribution in [0.3, 0.4) is 0 Å². The van der Waals surface area contributed by atoms with Crippen molar-refractivity contribution in [1.29, 1.82) is 0 Å². The molecule has 0 spiro atoms.